The third kappa shape index (κ3) is 3.79. The molecule has 0 spiro atoms. The zero-order valence-corrected chi connectivity index (χ0v) is 17.4. The number of hydrogen-bond donors (Lipinski definition) is 1. The van der Waals surface area contributed by atoms with Crippen molar-refractivity contribution in [2.24, 2.45) is 4.99 Å². The number of amidine groups is 1. The number of thioether (sulfide) groups is 1. The Morgan fingerprint density at radius 2 is 1.83 bits per heavy atom. The molecule has 0 aliphatic carbocycles. The number of carbonyl (C=O) groups is 1. The smallest absolute Gasteiger partial charge is 0.254 e. The normalized spacial score (nSPS) is 24.6. The predicted molar refractivity (Wildman–Crippen MR) is 116 cm³/mol. The lowest BCUT2D eigenvalue weighted by Gasteiger charge is -2.29. The summed E-state index contributed by atoms with van der Waals surface area (Å²) in [5.41, 5.74) is 4.05. The topological polar surface area (TPSA) is 78.8 Å². The standard InChI is InChI=1S/C21H21N3O3S2/c25-20(24-10-9-14-3-1-2-4-16(14)11-24)15-5-7-17(8-6-15)22-21-23-18-12-29(26,27)13-19(18)28-21/h1-8,18-19H,9-13H2,(H,22,23)/t18-,19-/m1/s1. The molecule has 3 aliphatic heterocycles. The van der Waals surface area contributed by atoms with Crippen LogP contribution in [0, 0.1) is 0 Å². The first-order valence-electron chi connectivity index (χ1n) is 9.65. The van der Waals surface area contributed by atoms with E-state index in [4.69, 9.17) is 0 Å². The van der Waals surface area contributed by atoms with E-state index < -0.39 is 9.84 Å². The molecule has 2 atom stereocenters. The van der Waals surface area contributed by atoms with E-state index in [0.29, 0.717) is 12.1 Å². The number of anilines is 1. The van der Waals surface area contributed by atoms with E-state index in [1.54, 1.807) is 0 Å². The quantitative estimate of drug-likeness (QED) is 0.797. The first-order valence-corrected chi connectivity index (χ1v) is 12.3. The van der Waals surface area contributed by atoms with E-state index in [2.05, 4.69) is 22.4 Å². The van der Waals surface area contributed by atoms with Gasteiger partial charge in [0.15, 0.2) is 15.0 Å². The Balaban J connectivity index is 1.24. The molecule has 6 nitrogen and oxygen atoms in total. The van der Waals surface area contributed by atoms with Crippen LogP contribution in [-0.2, 0) is 22.8 Å². The monoisotopic (exact) mass is 427 g/mol. The van der Waals surface area contributed by atoms with Crippen molar-refractivity contribution in [2.75, 3.05) is 23.4 Å². The largest absolute Gasteiger partial charge is 0.335 e. The second-order valence-corrected chi connectivity index (χ2v) is 11.1. The third-order valence-electron chi connectivity index (χ3n) is 5.62. The highest BCUT2D eigenvalue weighted by molar-refractivity contribution is 8.15. The molecule has 29 heavy (non-hydrogen) atoms. The Morgan fingerprint density at radius 3 is 2.59 bits per heavy atom. The van der Waals surface area contributed by atoms with Crippen molar-refractivity contribution in [3.05, 3.63) is 65.2 Å². The average Bonchev–Trinajstić information content (AvgIpc) is 3.20. The van der Waals surface area contributed by atoms with Crippen molar-refractivity contribution in [2.45, 2.75) is 24.3 Å². The molecular weight excluding hydrogens is 406 g/mol. The summed E-state index contributed by atoms with van der Waals surface area (Å²) in [6, 6.07) is 15.5. The van der Waals surface area contributed by atoms with Gasteiger partial charge >= 0.3 is 0 Å². The summed E-state index contributed by atoms with van der Waals surface area (Å²) in [5.74, 6) is 0.379. The maximum atomic E-state index is 12.9. The van der Waals surface area contributed by atoms with E-state index in [-0.39, 0.29) is 28.7 Å². The Hall–Kier alpha value is -2.32. The SMILES string of the molecule is O=C(c1ccc(NC2=N[C@@H]3CS(=O)(=O)C[C@H]3S2)cc1)N1CCc2ccccc2C1. The molecule has 1 N–H and O–H groups in total. The fraction of sp³-hybridized carbons (Fsp3) is 0.333. The van der Waals surface area contributed by atoms with Crippen LogP contribution in [-0.4, -0.2) is 53.7 Å². The molecule has 0 unspecified atom stereocenters. The number of nitrogens with one attached hydrogen (secondary N) is 1. The Bertz CT molecular complexity index is 1100. The minimum absolute atomic E-state index is 0.0188. The second kappa shape index (κ2) is 7.18. The van der Waals surface area contributed by atoms with Gasteiger partial charge in [0.25, 0.3) is 5.91 Å². The van der Waals surface area contributed by atoms with Crippen LogP contribution in [0.1, 0.15) is 21.5 Å². The second-order valence-electron chi connectivity index (χ2n) is 7.68. The van der Waals surface area contributed by atoms with Crippen molar-refractivity contribution in [1.82, 2.24) is 4.90 Å². The van der Waals surface area contributed by atoms with Gasteiger partial charge in [-0.2, -0.15) is 0 Å². The molecule has 8 heteroatoms. The van der Waals surface area contributed by atoms with Crippen LogP contribution in [0.4, 0.5) is 5.69 Å². The highest BCUT2D eigenvalue weighted by Crippen LogP contribution is 2.34. The summed E-state index contributed by atoms with van der Waals surface area (Å²) >= 11 is 1.49. The summed E-state index contributed by atoms with van der Waals surface area (Å²) in [7, 11) is -2.94. The van der Waals surface area contributed by atoms with Crippen LogP contribution in [0.3, 0.4) is 0 Å². The molecule has 3 aliphatic rings. The van der Waals surface area contributed by atoms with Crippen LogP contribution >= 0.6 is 11.8 Å². The maximum absolute atomic E-state index is 12.9. The number of sulfone groups is 1. The number of nitrogens with zero attached hydrogens (tertiary/aromatic N) is 2. The molecule has 5 rings (SSSR count). The molecule has 0 radical (unpaired) electrons. The molecule has 1 fully saturated rings. The fourth-order valence-corrected chi connectivity index (χ4v) is 7.76. The molecule has 0 bridgehead atoms. The lowest BCUT2D eigenvalue weighted by molar-refractivity contribution is 0.0734. The summed E-state index contributed by atoms with van der Waals surface area (Å²) in [5, 5.41) is 4.02. The van der Waals surface area contributed by atoms with Gasteiger partial charge in [-0.15, -0.1) is 0 Å². The Kier molecular flexibility index (Phi) is 4.63. The molecule has 1 amide bonds. The molecule has 1 saturated heterocycles. The van der Waals surface area contributed by atoms with Crippen LogP contribution < -0.4 is 5.32 Å². The van der Waals surface area contributed by atoms with Gasteiger partial charge in [-0.1, -0.05) is 36.0 Å². The van der Waals surface area contributed by atoms with E-state index in [9.17, 15) is 13.2 Å². The number of fused-ring (bicyclic) bond motifs is 2. The lowest BCUT2D eigenvalue weighted by atomic mass is 9.99. The van der Waals surface area contributed by atoms with Crippen LogP contribution in [0.25, 0.3) is 0 Å². The average molecular weight is 428 g/mol. The van der Waals surface area contributed by atoms with Gasteiger partial charge in [0, 0.05) is 29.6 Å². The molecule has 3 heterocycles. The minimum atomic E-state index is -2.94. The molecule has 150 valence electrons. The van der Waals surface area contributed by atoms with Gasteiger partial charge in [-0.25, -0.2) is 8.42 Å². The van der Waals surface area contributed by atoms with Gasteiger partial charge in [0.1, 0.15) is 0 Å². The van der Waals surface area contributed by atoms with Crippen molar-refractivity contribution >= 4 is 38.4 Å². The van der Waals surface area contributed by atoms with Crippen molar-refractivity contribution < 1.29 is 13.2 Å². The van der Waals surface area contributed by atoms with E-state index >= 15 is 0 Å². The van der Waals surface area contributed by atoms with Gasteiger partial charge in [0.2, 0.25) is 0 Å². The highest BCUT2D eigenvalue weighted by atomic mass is 32.2. The summed E-state index contributed by atoms with van der Waals surface area (Å²) in [6.45, 7) is 1.38. The van der Waals surface area contributed by atoms with E-state index in [1.807, 2.05) is 41.3 Å². The summed E-state index contributed by atoms with van der Waals surface area (Å²) in [6.07, 6.45) is 0.886. The summed E-state index contributed by atoms with van der Waals surface area (Å²) in [4.78, 5) is 19.3. The zero-order chi connectivity index (χ0) is 20.0. The van der Waals surface area contributed by atoms with Crippen molar-refractivity contribution in [3.8, 4) is 0 Å². The molecule has 2 aromatic carbocycles. The van der Waals surface area contributed by atoms with Crippen molar-refractivity contribution in [3.63, 3.8) is 0 Å². The number of hydrogen-bond acceptors (Lipinski definition) is 6. The molecule has 2 aromatic rings. The van der Waals surface area contributed by atoms with Gasteiger partial charge in [-0.3, -0.25) is 9.79 Å². The number of amides is 1. The number of carbonyl (C=O) groups excluding carboxylic acids is 1. The van der Waals surface area contributed by atoms with Crippen LogP contribution in [0.5, 0.6) is 0 Å². The van der Waals surface area contributed by atoms with Crippen LogP contribution in [0.15, 0.2) is 53.5 Å². The summed E-state index contributed by atoms with van der Waals surface area (Å²) < 4.78 is 23.3. The third-order valence-corrected chi connectivity index (χ3v) is 8.76. The minimum Gasteiger partial charge on any atom is -0.335 e. The van der Waals surface area contributed by atoms with E-state index in [0.717, 1.165) is 23.8 Å². The van der Waals surface area contributed by atoms with Gasteiger partial charge < -0.3 is 10.2 Å². The number of aliphatic imine (C=N–C) groups is 1. The lowest BCUT2D eigenvalue weighted by Crippen LogP contribution is -2.35. The number of benzene rings is 2. The zero-order valence-electron chi connectivity index (χ0n) is 15.7. The molecular formula is C21H21N3O3S2. The van der Waals surface area contributed by atoms with Crippen LogP contribution in [0.2, 0.25) is 0 Å². The number of rotatable bonds is 2. The maximum Gasteiger partial charge on any atom is 0.254 e. The van der Waals surface area contributed by atoms with Crippen molar-refractivity contribution in [1.29, 1.82) is 0 Å². The first-order chi connectivity index (χ1) is 14.0. The predicted octanol–water partition coefficient (Wildman–Crippen LogP) is 2.57. The Labute approximate surface area is 174 Å². The molecule has 0 saturated carbocycles. The fourth-order valence-electron chi connectivity index (χ4n) is 4.09. The Morgan fingerprint density at radius 1 is 1.07 bits per heavy atom. The van der Waals surface area contributed by atoms with Gasteiger partial charge in [0.05, 0.1) is 17.5 Å². The molecule has 0 aromatic heterocycles. The highest BCUT2D eigenvalue weighted by Gasteiger charge is 2.42. The first kappa shape index (κ1) is 18.7. The van der Waals surface area contributed by atoms with Gasteiger partial charge in [-0.05, 0) is 41.8 Å². The van der Waals surface area contributed by atoms with E-state index in [1.165, 1.54) is 22.9 Å².